The molecule has 0 aliphatic rings. The normalized spacial score (nSPS) is 12.5. The maximum Gasteiger partial charge on any atom is 0.245 e. The van der Waals surface area contributed by atoms with E-state index in [9.17, 15) is 0 Å². The van der Waals surface area contributed by atoms with E-state index >= 15 is 0 Å². The van der Waals surface area contributed by atoms with Gasteiger partial charge in [-0.05, 0) is 24.8 Å². The fourth-order valence-corrected chi connectivity index (χ4v) is 2.85. The van der Waals surface area contributed by atoms with Gasteiger partial charge in [0.2, 0.25) is 6.33 Å². The van der Waals surface area contributed by atoms with Crippen molar-refractivity contribution in [3.63, 3.8) is 0 Å². The number of hydrogen-bond acceptors (Lipinski definition) is 1. The van der Waals surface area contributed by atoms with E-state index in [1.54, 1.807) is 0 Å². The van der Waals surface area contributed by atoms with Crippen molar-refractivity contribution < 1.29 is 9.30 Å². The topological polar surface area (TPSA) is 18.0 Å². The minimum Gasteiger partial charge on any atom is -0.341 e. The Morgan fingerprint density at radius 1 is 1.26 bits per heavy atom. The van der Waals surface area contributed by atoms with Crippen LogP contribution < -0.4 is 4.57 Å². The summed E-state index contributed by atoms with van der Waals surface area (Å²) in [7, 11) is 0. The zero-order valence-electron chi connectivity index (χ0n) is 14.9. The summed E-state index contributed by atoms with van der Waals surface area (Å²) in [6.07, 6.45) is 11.4. The second-order valence-corrected chi connectivity index (χ2v) is 6.51. The van der Waals surface area contributed by atoms with Gasteiger partial charge in [0.1, 0.15) is 18.9 Å². The first-order valence-electron chi connectivity index (χ1n) is 8.89. The van der Waals surface area contributed by atoms with Gasteiger partial charge in [-0.3, -0.25) is 0 Å². The zero-order chi connectivity index (χ0) is 16.5. The van der Waals surface area contributed by atoms with E-state index in [-0.39, 0.29) is 0 Å². The van der Waals surface area contributed by atoms with Gasteiger partial charge < -0.3 is 4.74 Å². The van der Waals surface area contributed by atoms with Crippen LogP contribution in [0.4, 0.5) is 0 Å². The molecule has 0 aliphatic heterocycles. The summed E-state index contributed by atoms with van der Waals surface area (Å²) in [4.78, 5) is 0. The van der Waals surface area contributed by atoms with Crippen molar-refractivity contribution in [2.75, 3.05) is 6.61 Å². The van der Waals surface area contributed by atoms with Gasteiger partial charge in [0.05, 0.1) is 6.61 Å². The van der Waals surface area contributed by atoms with Crippen molar-refractivity contribution in [3.05, 3.63) is 54.1 Å². The Kier molecular flexibility index (Phi) is 7.34. The predicted molar refractivity (Wildman–Crippen MR) is 94.2 cm³/mol. The van der Waals surface area contributed by atoms with E-state index in [0.29, 0.717) is 12.6 Å². The molecule has 0 unspecified atom stereocenters. The average molecular weight is 315 g/mol. The van der Waals surface area contributed by atoms with Gasteiger partial charge in [-0.1, -0.05) is 62.9 Å². The fourth-order valence-electron chi connectivity index (χ4n) is 2.85. The van der Waals surface area contributed by atoms with Gasteiger partial charge in [0.25, 0.3) is 0 Å². The van der Waals surface area contributed by atoms with Crippen LogP contribution in [0.3, 0.4) is 0 Å². The van der Waals surface area contributed by atoms with Crippen LogP contribution in [-0.2, 0) is 18.0 Å². The molecule has 0 aliphatic carbocycles. The highest BCUT2D eigenvalue weighted by atomic mass is 16.5. The molecule has 23 heavy (non-hydrogen) atoms. The standard InChI is InChI=1S/C20H31N2O/c1-4-6-9-19(5-2)15-23-17-22-12-11-21(16-22)14-20-10-7-8-18(3)13-20/h7-8,10-13,16,19H,4-6,9,14-15,17H2,1-3H3/q+1/t19-/m0/s1. The number of rotatable bonds is 10. The van der Waals surface area contributed by atoms with Gasteiger partial charge >= 0.3 is 0 Å². The lowest BCUT2D eigenvalue weighted by molar-refractivity contribution is -0.688. The lowest BCUT2D eigenvalue weighted by atomic mass is 10.0. The Morgan fingerprint density at radius 2 is 2.13 bits per heavy atom. The highest BCUT2D eigenvalue weighted by Crippen LogP contribution is 2.13. The SMILES string of the molecule is CCCC[C@H](CC)COCn1cc[n+](Cc2cccc(C)c2)c1. The van der Waals surface area contributed by atoms with Gasteiger partial charge in [-0.2, -0.15) is 0 Å². The molecule has 0 saturated heterocycles. The lowest BCUT2D eigenvalue weighted by Gasteiger charge is -2.13. The van der Waals surface area contributed by atoms with Crippen LogP contribution in [0.25, 0.3) is 0 Å². The second kappa shape index (κ2) is 9.51. The number of imidazole rings is 1. The number of ether oxygens (including phenoxy) is 1. The molecule has 3 heteroatoms. The van der Waals surface area contributed by atoms with Crippen molar-refractivity contribution in [1.29, 1.82) is 0 Å². The van der Waals surface area contributed by atoms with E-state index in [4.69, 9.17) is 4.74 Å². The largest absolute Gasteiger partial charge is 0.341 e. The highest BCUT2D eigenvalue weighted by Gasteiger charge is 2.08. The Bertz CT molecular complexity index is 577. The zero-order valence-corrected chi connectivity index (χ0v) is 14.9. The second-order valence-electron chi connectivity index (χ2n) is 6.51. The van der Waals surface area contributed by atoms with E-state index in [0.717, 1.165) is 13.2 Å². The van der Waals surface area contributed by atoms with Crippen LogP contribution in [0.2, 0.25) is 0 Å². The molecule has 0 radical (unpaired) electrons. The Balaban J connectivity index is 1.78. The molecule has 0 saturated carbocycles. The average Bonchev–Trinajstić information content (AvgIpc) is 2.98. The van der Waals surface area contributed by atoms with Crippen LogP contribution in [0.5, 0.6) is 0 Å². The minimum atomic E-state index is 0.642. The number of unbranched alkanes of at least 4 members (excludes halogenated alkanes) is 1. The Morgan fingerprint density at radius 3 is 2.87 bits per heavy atom. The van der Waals surface area contributed by atoms with Gasteiger partial charge in [0.15, 0.2) is 6.73 Å². The number of hydrogen-bond donors (Lipinski definition) is 0. The van der Waals surface area contributed by atoms with E-state index in [1.165, 1.54) is 36.8 Å². The molecule has 0 amide bonds. The number of aryl methyl sites for hydroxylation is 1. The van der Waals surface area contributed by atoms with Crippen LogP contribution >= 0.6 is 0 Å². The molecule has 1 aromatic heterocycles. The van der Waals surface area contributed by atoms with E-state index in [1.807, 2.05) is 0 Å². The first kappa shape index (κ1) is 17.7. The van der Waals surface area contributed by atoms with E-state index in [2.05, 4.69) is 72.9 Å². The van der Waals surface area contributed by atoms with Gasteiger partial charge in [0, 0.05) is 0 Å². The Hall–Kier alpha value is -1.61. The summed E-state index contributed by atoms with van der Waals surface area (Å²) in [6.45, 7) is 9.06. The number of nitrogens with zero attached hydrogens (tertiary/aromatic N) is 2. The third-order valence-electron chi connectivity index (χ3n) is 4.33. The summed E-state index contributed by atoms with van der Waals surface area (Å²) in [6, 6.07) is 8.66. The first-order valence-corrected chi connectivity index (χ1v) is 8.89. The molecule has 3 nitrogen and oxygen atoms in total. The molecule has 1 aromatic carbocycles. The van der Waals surface area contributed by atoms with Crippen molar-refractivity contribution in [3.8, 4) is 0 Å². The summed E-state index contributed by atoms with van der Waals surface area (Å²) in [5.41, 5.74) is 2.64. The molecule has 1 heterocycles. The summed E-state index contributed by atoms with van der Waals surface area (Å²) in [5, 5.41) is 0. The molecule has 0 N–H and O–H groups in total. The first-order chi connectivity index (χ1) is 11.2. The molecular weight excluding hydrogens is 284 g/mol. The lowest BCUT2D eigenvalue weighted by Crippen LogP contribution is -2.31. The summed E-state index contributed by atoms with van der Waals surface area (Å²) in [5.74, 6) is 0.699. The third kappa shape index (κ3) is 6.19. The van der Waals surface area contributed by atoms with Crippen LogP contribution in [0, 0.1) is 12.8 Å². The summed E-state index contributed by atoms with van der Waals surface area (Å²) >= 11 is 0. The van der Waals surface area contributed by atoms with Crippen molar-refractivity contribution in [2.45, 2.75) is 59.7 Å². The maximum absolute atomic E-state index is 5.90. The number of aromatic nitrogens is 2. The summed E-state index contributed by atoms with van der Waals surface area (Å²) < 4.78 is 10.2. The number of benzene rings is 1. The third-order valence-corrected chi connectivity index (χ3v) is 4.33. The predicted octanol–water partition coefficient (Wildman–Crippen LogP) is 4.32. The Labute approximate surface area is 140 Å². The molecule has 0 bridgehead atoms. The van der Waals surface area contributed by atoms with Crippen LogP contribution in [0.15, 0.2) is 43.0 Å². The van der Waals surface area contributed by atoms with Crippen molar-refractivity contribution in [1.82, 2.24) is 4.57 Å². The molecule has 2 rings (SSSR count). The minimum absolute atomic E-state index is 0.642. The van der Waals surface area contributed by atoms with Crippen molar-refractivity contribution >= 4 is 0 Å². The molecule has 126 valence electrons. The van der Waals surface area contributed by atoms with Crippen molar-refractivity contribution in [2.24, 2.45) is 5.92 Å². The monoisotopic (exact) mass is 315 g/mol. The van der Waals surface area contributed by atoms with Gasteiger partial charge in [-0.15, -0.1) is 0 Å². The van der Waals surface area contributed by atoms with Crippen LogP contribution in [-0.4, -0.2) is 11.2 Å². The molecule has 0 fully saturated rings. The molecular formula is C20H31N2O+. The quantitative estimate of drug-likeness (QED) is 0.597. The van der Waals surface area contributed by atoms with E-state index < -0.39 is 0 Å². The fraction of sp³-hybridized carbons (Fsp3) is 0.550. The van der Waals surface area contributed by atoms with Crippen LogP contribution in [0.1, 0.15) is 50.7 Å². The maximum atomic E-state index is 5.90. The molecule has 2 aromatic rings. The molecule has 0 spiro atoms. The van der Waals surface area contributed by atoms with Gasteiger partial charge in [-0.25, -0.2) is 9.13 Å². The smallest absolute Gasteiger partial charge is 0.245 e. The molecule has 1 atom stereocenters. The highest BCUT2D eigenvalue weighted by molar-refractivity contribution is 5.21.